The van der Waals surface area contributed by atoms with Gasteiger partial charge in [-0.3, -0.25) is 14.5 Å². The summed E-state index contributed by atoms with van der Waals surface area (Å²) in [4.78, 5) is 41.2. The standard InChI is InChI=1S/C28H32N3O3.C6H8O7/c1-2-13-31(12-1)14-17-34-27-9-8-25-19-24(27)21-33-16-4-3-15-32-20-22-6-5-7-23(18-22)26-10-11-29-28(26)30-25;7-3(8)1-6(13,5(11)12)2-4(9)10/h3-11,18-19H,1-2,12-17,20-21H2,(H,29,30);13H,1-2H2,(H,7,8)(H,9,10)(H,11,12)/b4-3-,26-23-;. The molecule has 0 spiro atoms. The molecule has 5 N–H and O–H groups in total. The van der Waals surface area contributed by atoms with Gasteiger partial charge in [-0.05, 0) is 61.3 Å². The SMILES string of the molecule is O=C(O)CC(O)(CC(=O)O)C(=O)O.[CH]1C=CC2=C/C1=c1/cc[nH]c1=Nc1ccc(OCCN3CCCC3)c(c1)COC/C=C\COC2. The molecule has 1 saturated heterocycles. The largest absolute Gasteiger partial charge is 0.492 e. The van der Waals surface area contributed by atoms with E-state index in [1.165, 1.54) is 25.9 Å². The molecule has 1 aliphatic carbocycles. The fourth-order valence-corrected chi connectivity index (χ4v) is 5.16. The van der Waals surface area contributed by atoms with Crippen LogP contribution < -0.4 is 15.4 Å². The summed E-state index contributed by atoms with van der Waals surface area (Å²) in [5.41, 5.74) is 2.22. The van der Waals surface area contributed by atoms with Gasteiger partial charge in [-0.15, -0.1) is 0 Å². The zero-order chi connectivity index (χ0) is 33.6. The van der Waals surface area contributed by atoms with E-state index in [2.05, 4.69) is 46.7 Å². The molecule has 251 valence electrons. The minimum absolute atomic E-state index is 0.464. The van der Waals surface area contributed by atoms with Crippen LogP contribution in [-0.4, -0.2) is 99.9 Å². The molecule has 5 rings (SSSR count). The number of rotatable bonds is 9. The molecule has 0 saturated carbocycles. The molecule has 3 aliphatic rings. The van der Waals surface area contributed by atoms with Crippen LogP contribution in [0.25, 0.3) is 5.57 Å². The molecule has 3 heterocycles. The molecule has 0 unspecified atom stereocenters. The lowest BCUT2D eigenvalue weighted by Crippen LogP contribution is -2.42. The first kappa shape index (κ1) is 35.3. The number of carbonyl (C=O) groups is 3. The number of allylic oxidation sites excluding steroid dienone is 2. The second-order valence-corrected chi connectivity index (χ2v) is 11.2. The van der Waals surface area contributed by atoms with Crippen molar-refractivity contribution in [3.05, 3.63) is 89.1 Å². The average Bonchev–Trinajstić information content (AvgIpc) is 3.71. The van der Waals surface area contributed by atoms with Gasteiger partial charge in [-0.1, -0.05) is 30.4 Å². The number of aliphatic carboxylic acids is 3. The van der Waals surface area contributed by atoms with Gasteiger partial charge in [-0.25, -0.2) is 9.79 Å². The van der Waals surface area contributed by atoms with Crippen molar-refractivity contribution in [3.63, 3.8) is 0 Å². The number of likely N-dealkylation sites (tertiary alicyclic amines) is 1. The lowest BCUT2D eigenvalue weighted by molar-refractivity contribution is -0.170. The minimum atomic E-state index is -2.74. The van der Waals surface area contributed by atoms with Gasteiger partial charge in [0.2, 0.25) is 0 Å². The molecular weight excluding hydrogens is 610 g/mol. The zero-order valence-electron chi connectivity index (χ0n) is 26.0. The number of H-pyrrole nitrogens is 1. The fourth-order valence-electron chi connectivity index (χ4n) is 5.16. The number of carboxylic acids is 3. The Bertz CT molecular complexity index is 1600. The van der Waals surface area contributed by atoms with Gasteiger partial charge in [0, 0.05) is 29.9 Å². The number of benzene rings is 1. The van der Waals surface area contributed by atoms with E-state index >= 15 is 0 Å². The van der Waals surface area contributed by atoms with E-state index in [4.69, 9.17) is 39.6 Å². The van der Waals surface area contributed by atoms with Crippen LogP contribution in [0.2, 0.25) is 0 Å². The molecule has 0 amide bonds. The molecule has 1 aromatic heterocycles. The van der Waals surface area contributed by atoms with E-state index in [9.17, 15) is 14.4 Å². The lowest BCUT2D eigenvalue weighted by atomic mass is 9.96. The first-order valence-electron chi connectivity index (χ1n) is 15.3. The number of aromatic amines is 1. The molecule has 0 atom stereocenters. The molecule has 13 heteroatoms. The number of ether oxygens (including phenoxy) is 3. The Labute approximate surface area is 271 Å². The number of hydrogen-bond acceptors (Lipinski definition) is 9. The van der Waals surface area contributed by atoms with Crippen LogP contribution in [-0.2, 0) is 30.5 Å². The highest BCUT2D eigenvalue weighted by Crippen LogP contribution is 2.26. The molecule has 47 heavy (non-hydrogen) atoms. The molecule has 13 nitrogen and oxygen atoms in total. The van der Waals surface area contributed by atoms with E-state index < -0.39 is 36.4 Å². The number of aliphatic hydroxyl groups is 1. The van der Waals surface area contributed by atoms with Crippen LogP contribution in [0.4, 0.5) is 5.69 Å². The van der Waals surface area contributed by atoms with Crippen LogP contribution in [0.1, 0.15) is 31.2 Å². The molecule has 2 aromatic rings. The zero-order valence-corrected chi connectivity index (χ0v) is 26.0. The topological polar surface area (TPSA) is 191 Å². The number of nitrogens with zero attached hydrogens (tertiary/aromatic N) is 2. The summed E-state index contributed by atoms with van der Waals surface area (Å²) in [5, 5.41) is 34.9. The lowest BCUT2D eigenvalue weighted by Gasteiger charge is -2.18. The summed E-state index contributed by atoms with van der Waals surface area (Å²) in [7, 11) is 0. The summed E-state index contributed by atoms with van der Waals surface area (Å²) in [6, 6.07) is 8.16. The van der Waals surface area contributed by atoms with Crippen LogP contribution in [0.15, 0.2) is 71.4 Å². The first-order chi connectivity index (χ1) is 22.6. The van der Waals surface area contributed by atoms with Crippen molar-refractivity contribution in [2.75, 3.05) is 46.1 Å². The Morgan fingerprint density at radius 1 is 0.979 bits per heavy atom. The van der Waals surface area contributed by atoms with Crippen molar-refractivity contribution in [1.82, 2.24) is 9.88 Å². The van der Waals surface area contributed by atoms with E-state index in [0.717, 1.165) is 45.4 Å². The Hall–Kier alpha value is -4.56. The van der Waals surface area contributed by atoms with Crippen molar-refractivity contribution in [2.24, 2.45) is 4.99 Å². The maximum atomic E-state index is 10.3. The molecule has 2 aliphatic heterocycles. The van der Waals surface area contributed by atoms with E-state index in [0.29, 0.717) is 33.0 Å². The minimum Gasteiger partial charge on any atom is -0.492 e. The van der Waals surface area contributed by atoms with Gasteiger partial charge in [0.15, 0.2) is 5.60 Å². The summed E-state index contributed by atoms with van der Waals surface area (Å²) in [6.45, 7) is 6.09. The van der Waals surface area contributed by atoms with Gasteiger partial charge < -0.3 is 39.6 Å². The highest BCUT2D eigenvalue weighted by atomic mass is 16.5. The van der Waals surface area contributed by atoms with Gasteiger partial charge in [0.05, 0.1) is 45.0 Å². The molecule has 4 bridgehead atoms. The summed E-state index contributed by atoms with van der Waals surface area (Å²) < 4.78 is 17.9. The number of nitrogens with one attached hydrogen (secondary N) is 1. The monoisotopic (exact) mass is 650 g/mol. The van der Waals surface area contributed by atoms with Gasteiger partial charge in [0.25, 0.3) is 0 Å². The Balaban J connectivity index is 0.000000328. The van der Waals surface area contributed by atoms with E-state index in [-0.39, 0.29) is 0 Å². The summed E-state index contributed by atoms with van der Waals surface area (Å²) in [6.07, 6.45) is 14.7. The van der Waals surface area contributed by atoms with Gasteiger partial charge in [0.1, 0.15) is 17.8 Å². The van der Waals surface area contributed by atoms with Crippen molar-refractivity contribution in [1.29, 1.82) is 0 Å². The molecule has 1 fully saturated rings. The predicted molar refractivity (Wildman–Crippen MR) is 170 cm³/mol. The average molecular weight is 651 g/mol. The predicted octanol–water partition coefficient (Wildman–Crippen LogP) is 2.15. The summed E-state index contributed by atoms with van der Waals surface area (Å²) in [5.74, 6) is -4.16. The van der Waals surface area contributed by atoms with Gasteiger partial charge in [-0.2, -0.15) is 0 Å². The first-order valence-corrected chi connectivity index (χ1v) is 15.3. The Morgan fingerprint density at radius 2 is 1.68 bits per heavy atom. The van der Waals surface area contributed by atoms with Crippen LogP contribution in [0, 0.1) is 6.42 Å². The molecular formula is C34H40N3O10. The highest BCUT2D eigenvalue weighted by molar-refractivity contribution is 5.88. The second kappa shape index (κ2) is 17.4. The highest BCUT2D eigenvalue weighted by Gasteiger charge is 2.40. The van der Waals surface area contributed by atoms with Crippen molar-refractivity contribution in [2.45, 2.75) is 37.9 Å². The smallest absolute Gasteiger partial charge is 0.336 e. The third kappa shape index (κ3) is 11.0. The van der Waals surface area contributed by atoms with E-state index in [1.54, 1.807) is 0 Å². The maximum absolute atomic E-state index is 10.3. The van der Waals surface area contributed by atoms with Crippen LogP contribution in [0.3, 0.4) is 0 Å². The van der Waals surface area contributed by atoms with Crippen LogP contribution >= 0.6 is 0 Å². The van der Waals surface area contributed by atoms with Crippen molar-refractivity contribution < 1.29 is 49.0 Å². The quantitative estimate of drug-likeness (QED) is 0.250. The Kier molecular flexibility index (Phi) is 13.1. The van der Waals surface area contributed by atoms with Crippen molar-refractivity contribution in [3.8, 4) is 5.75 Å². The Morgan fingerprint density at radius 3 is 2.36 bits per heavy atom. The van der Waals surface area contributed by atoms with E-state index in [1.807, 2.05) is 30.5 Å². The fraction of sp³-hybridized carbons (Fsp3) is 0.382. The van der Waals surface area contributed by atoms with Crippen LogP contribution in [0.5, 0.6) is 5.75 Å². The summed E-state index contributed by atoms with van der Waals surface area (Å²) >= 11 is 0. The molecule has 1 radical (unpaired) electrons. The third-order valence-corrected chi connectivity index (χ3v) is 7.52. The van der Waals surface area contributed by atoms with Crippen molar-refractivity contribution >= 4 is 29.2 Å². The maximum Gasteiger partial charge on any atom is 0.336 e. The number of fused-ring (bicyclic) bond motifs is 4. The third-order valence-electron chi connectivity index (χ3n) is 7.52. The second-order valence-electron chi connectivity index (χ2n) is 11.2. The number of hydrogen-bond donors (Lipinski definition) is 5. The van der Waals surface area contributed by atoms with Gasteiger partial charge >= 0.3 is 17.9 Å². The molecule has 1 aromatic carbocycles. The number of aromatic nitrogens is 1. The normalized spacial score (nSPS) is 18.8. The number of carboxylic acid groups (broad SMARTS) is 3.